The summed E-state index contributed by atoms with van der Waals surface area (Å²) in [6.45, 7) is 3.50. The normalized spacial score (nSPS) is 21.0. The van der Waals surface area contributed by atoms with E-state index in [4.69, 9.17) is 10.6 Å². The van der Waals surface area contributed by atoms with Gasteiger partial charge in [0.05, 0.1) is 12.5 Å². The number of ether oxygens (including phenoxy) is 1. The van der Waals surface area contributed by atoms with Crippen molar-refractivity contribution in [2.45, 2.75) is 18.8 Å². The number of hydrazine groups is 1. The van der Waals surface area contributed by atoms with Crippen LogP contribution in [0, 0.1) is 5.92 Å². The van der Waals surface area contributed by atoms with Gasteiger partial charge in [0.15, 0.2) is 0 Å². The second-order valence-electron chi connectivity index (χ2n) is 5.70. The molecule has 21 heavy (non-hydrogen) atoms. The highest BCUT2D eigenvalue weighted by atomic mass is 16.5. The van der Waals surface area contributed by atoms with Gasteiger partial charge >= 0.3 is 0 Å². The fourth-order valence-corrected chi connectivity index (χ4v) is 3.07. The molecule has 1 saturated heterocycles. The Morgan fingerprint density at radius 2 is 2.24 bits per heavy atom. The molecule has 5 nitrogen and oxygen atoms in total. The standard InChI is InChI=1S/C16H25N3O2/c1-21-12-13-6-5-9-19(10-13)11-15(16(20)18-17)14-7-3-2-4-8-14/h2-4,7-8,13,15H,5-6,9-12,17H2,1H3,(H,18,20). The number of nitrogens with zero attached hydrogens (tertiary/aromatic N) is 1. The molecule has 0 spiro atoms. The number of benzene rings is 1. The van der Waals surface area contributed by atoms with E-state index in [-0.39, 0.29) is 11.8 Å². The number of rotatable bonds is 6. The molecule has 2 atom stereocenters. The van der Waals surface area contributed by atoms with E-state index in [0.29, 0.717) is 12.5 Å². The van der Waals surface area contributed by atoms with Crippen LogP contribution in [0.2, 0.25) is 0 Å². The third-order valence-corrected chi connectivity index (χ3v) is 4.11. The summed E-state index contributed by atoms with van der Waals surface area (Å²) in [6.07, 6.45) is 2.35. The van der Waals surface area contributed by atoms with E-state index in [1.807, 2.05) is 30.3 Å². The van der Waals surface area contributed by atoms with Gasteiger partial charge < -0.3 is 9.64 Å². The summed E-state index contributed by atoms with van der Waals surface area (Å²) >= 11 is 0. The van der Waals surface area contributed by atoms with Crippen LogP contribution in [-0.2, 0) is 9.53 Å². The first-order valence-electron chi connectivity index (χ1n) is 7.51. The van der Waals surface area contributed by atoms with Crippen molar-refractivity contribution < 1.29 is 9.53 Å². The Kier molecular flexibility index (Phi) is 6.17. The number of amides is 1. The number of nitrogens with one attached hydrogen (secondary N) is 1. The maximum atomic E-state index is 12.1. The Labute approximate surface area is 126 Å². The predicted octanol–water partition coefficient (Wildman–Crippen LogP) is 1.12. The summed E-state index contributed by atoms with van der Waals surface area (Å²) in [5.41, 5.74) is 3.31. The minimum Gasteiger partial charge on any atom is -0.384 e. The summed E-state index contributed by atoms with van der Waals surface area (Å²) in [7, 11) is 1.74. The molecule has 0 aliphatic carbocycles. The molecular weight excluding hydrogens is 266 g/mol. The van der Waals surface area contributed by atoms with E-state index in [9.17, 15) is 4.79 Å². The van der Waals surface area contributed by atoms with Crippen LogP contribution in [0.1, 0.15) is 24.3 Å². The van der Waals surface area contributed by atoms with Gasteiger partial charge in [-0.15, -0.1) is 0 Å². The Bertz CT molecular complexity index is 436. The van der Waals surface area contributed by atoms with Crippen LogP contribution in [-0.4, -0.2) is 44.2 Å². The van der Waals surface area contributed by atoms with Gasteiger partial charge in [-0.2, -0.15) is 0 Å². The molecule has 5 heteroatoms. The maximum Gasteiger partial charge on any atom is 0.242 e. The molecule has 1 aromatic rings. The molecule has 1 amide bonds. The lowest BCUT2D eigenvalue weighted by molar-refractivity contribution is -0.123. The summed E-state index contributed by atoms with van der Waals surface area (Å²) in [5.74, 6) is 5.55. The molecule has 1 aromatic carbocycles. The zero-order valence-corrected chi connectivity index (χ0v) is 12.6. The maximum absolute atomic E-state index is 12.1. The fourth-order valence-electron chi connectivity index (χ4n) is 3.07. The zero-order chi connectivity index (χ0) is 15.1. The number of hydrogen-bond donors (Lipinski definition) is 2. The van der Waals surface area contributed by atoms with Crippen LogP contribution >= 0.6 is 0 Å². The van der Waals surface area contributed by atoms with Crippen LogP contribution in [0.3, 0.4) is 0 Å². The Balaban J connectivity index is 2.03. The number of carbonyl (C=O) groups is 1. The van der Waals surface area contributed by atoms with Gasteiger partial charge in [-0.3, -0.25) is 10.2 Å². The van der Waals surface area contributed by atoms with Gasteiger partial charge in [-0.05, 0) is 30.9 Å². The first kappa shape index (κ1) is 15.9. The van der Waals surface area contributed by atoms with E-state index >= 15 is 0 Å². The zero-order valence-electron chi connectivity index (χ0n) is 12.6. The lowest BCUT2D eigenvalue weighted by Gasteiger charge is -2.34. The summed E-state index contributed by atoms with van der Waals surface area (Å²) in [4.78, 5) is 14.5. The van der Waals surface area contributed by atoms with Crippen LogP contribution in [0.5, 0.6) is 0 Å². The number of nitrogens with two attached hydrogens (primary N) is 1. The topological polar surface area (TPSA) is 67.6 Å². The van der Waals surface area contributed by atoms with Crippen molar-refractivity contribution in [2.75, 3.05) is 33.4 Å². The van der Waals surface area contributed by atoms with Crippen LogP contribution < -0.4 is 11.3 Å². The van der Waals surface area contributed by atoms with E-state index in [1.54, 1.807) is 7.11 Å². The minimum absolute atomic E-state index is 0.130. The van der Waals surface area contributed by atoms with Gasteiger partial charge in [-0.25, -0.2) is 5.84 Å². The summed E-state index contributed by atoms with van der Waals surface area (Å²) < 4.78 is 5.26. The van der Waals surface area contributed by atoms with Crippen molar-refractivity contribution in [3.63, 3.8) is 0 Å². The Hall–Kier alpha value is -1.43. The third kappa shape index (κ3) is 4.52. The molecule has 0 saturated carbocycles. The molecule has 1 heterocycles. The van der Waals surface area contributed by atoms with Crippen molar-refractivity contribution in [2.24, 2.45) is 11.8 Å². The first-order chi connectivity index (χ1) is 10.2. The second kappa shape index (κ2) is 8.12. The van der Waals surface area contributed by atoms with E-state index in [0.717, 1.165) is 31.7 Å². The highest BCUT2D eigenvalue weighted by Gasteiger charge is 2.26. The molecule has 1 aliphatic heterocycles. The molecule has 0 bridgehead atoms. The molecule has 3 N–H and O–H groups in total. The lowest BCUT2D eigenvalue weighted by Crippen LogP contribution is -2.44. The van der Waals surface area contributed by atoms with Crippen molar-refractivity contribution in [3.05, 3.63) is 35.9 Å². The Morgan fingerprint density at radius 1 is 1.48 bits per heavy atom. The highest BCUT2D eigenvalue weighted by Crippen LogP contribution is 2.22. The van der Waals surface area contributed by atoms with E-state index in [1.165, 1.54) is 6.42 Å². The molecule has 1 aliphatic rings. The number of hydrogen-bond acceptors (Lipinski definition) is 4. The van der Waals surface area contributed by atoms with E-state index < -0.39 is 0 Å². The van der Waals surface area contributed by atoms with Gasteiger partial charge in [0.2, 0.25) is 5.91 Å². The lowest BCUT2D eigenvalue weighted by atomic mass is 9.94. The quantitative estimate of drug-likeness (QED) is 0.468. The van der Waals surface area contributed by atoms with Gasteiger partial charge in [0.1, 0.15) is 0 Å². The molecular formula is C16H25N3O2. The molecule has 1 fully saturated rings. The van der Waals surface area contributed by atoms with Crippen LogP contribution in [0.15, 0.2) is 30.3 Å². The third-order valence-electron chi connectivity index (χ3n) is 4.11. The van der Waals surface area contributed by atoms with Crippen molar-refractivity contribution in [3.8, 4) is 0 Å². The number of likely N-dealkylation sites (tertiary alicyclic amines) is 1. The van der Waals surface area contributed by atoms with Gasteiger partial charge in [0, 0.05) is 20.2 Å². The van der Waals surface area contributed by atoms with Crippen LogP contribution in [0.4, 0.5) is 0 Å². The Morgan fingerprint density at radius 3 is 2.90 bits per heavy atom. The van der Waals surface area contributed by atoms with Crippen molar-refractivity contribution >= 4 is 5.91 Å². The summed E-state index contributed by atoms with van der Waals surface area (Å²) in [6, 6.07) is 9.83. The highest BCUT2D eigenvalue weighted by molar-refractivity contribution is 5.83. The van der Waals surface area contributed by atoms with Gasteiger partial charge in [-0.1, -0.05) is 30.3 Å². The molecule has 2 unspecified atom stereocenters. The fraction of sp³-hybridized carbons (Fsp3) is 0.562. The molecule has 0 aromatic heterocycles. The first-order valence-corrected chi connectivity index (χ1v) is 7.51. The van der Waals surface area contributed by atoms with Crippen molar-refractivity contribution in [1.82, 2.24) is 10.3 Å². The largest absolute Gasteiger partial charge is 0.384 e. The predicted molar refractivity (Wildman–Crippen MR) is 82.6 cm³/mol. The molecule has 116 valence electrons. The number of methoxy groups -OCH3 is 1. The second-order valence-corrected chi connectivity index (χ2v) is 5.70. The summed E-state index contributed by atoms with van der Waals surface area (Å²) in [5, 5.41) is 0. The average molecular weight is 291 g/mol. The monoisotopic (exact) mass is 291 g/mol. The molecule has 2 rings (SSSR count). The average Bonchev–Trinajstić information content (AvgIpc) is 2.53. The minimum atomic E-state index is -0.225. The smallest absolute Gasteiger partial charge is 0.242 e. The SMILES string of the molecule is COCC1CCCN(CC(C(=O)NN)c2ccccc2)C1. The number of piperidine rings is 1. The van der Waals surface area contributed by atoms with Crippen molar-refractivity contribution in [1.29, 1.82) is 0 Å². The van der Waals surface area contributed by atoms with Crippen LogP contribution in [0.25, 0.3) is 0 Å². The molecule has 0 radical (unpaired) electrons. The van der Waals surface area contributed by atoms with E-state index in [2.05, 4.69) is 10.3 Å². The van der Waals surface area contributed by atoms with Gasteiger partial charge in [0.25, 0.3) is 0 Å². The number of carbonyl (C=O) groups excluding carboxylic acids is 1.